The highest BCUT2D eigenvalue weighted by Crippen LogP contribution is 2.19. The zero-order valence-electron chi connectivity index (χ0n) is 11.4. The smallest absolute Gasteiger partial charge is 0.335 e. The van der Waals surface area contributed by atoms with Gasteiger partial charge in [-0.15, -0.1) is 0 Å². The number of aliphatic hydroxyl groups excluding tert-OH is 2. The fourth-order valence-electron chi connectivity index (χ4n) is 2.01. The Kier molecular flexibility index (Phi) is 6.86. The molecule has 116 valence electrons. The van der Waals surface area contributed by atoms with E-state index in [-0.39, 0.29) is 12.3 Å². The molecule has 20 heavy (non-hydrogen) atoms. The number of carboxylic acid groups (broad SMARTS) is 1. The summed E-state index contributed by atoms with van der Waals surface area (Å²) in [6.07, 6.45) is -2.61. The van der Waals surface area contributed by atoms with E-state index in [4.69, 9.17) is 9.84 Å². The molecule has 1 amide bonds. The summed E-state index contributed by atoms with van der Waals surface area (Å²) in [4.78, 5) is 21.9. The van der Waals surface area contributed by atoms with Gasteiger partial charge in [-0.2, -0.15) is 0 Å². The Labute approximate surface area is 117 Å². The minimum atomic E-state index is -1.43. The Morgan fingerprint density at radius 1 is 1.30 bits per heavy atom. The highest BCUT2D eigenvalue weighted by molar-refractivity contribution is 5.75. The number of unbranched alkanes of at least 4 members (excludes halogenated alkanes) is 1. The topological polar surface area (TPSA) is 128 Å². The van der Waals surface area contributed by atoms with E-state index in [1.165, 1.54) is 0 Å². The fourth-order valence-corrected chi connectivity index (χ4v) is 2.01. The minimum absolute atomic E-state index is 0.0246. The van der Waals surface area contributed by atoms with E-state index in [2.05, 4.69) is 10.6 Å². The molecule has 0 aliphatic carbocycles. The molecule has 8 heteroatoms. The maximum atomic E-state index is 11.0. The number of aliphatic carboxylic acids is 1. The van der Waals surface area contributed by atoms with Crippen LogP contribution in [0.1, 0.15) is 25.7 Å². The van der Waals surface area contributed by atoms with Crippen molar-refractivity contribution in [3.63, 3.8) is 0 Å². The summed E-state index contributed by atoms with van der Waals surface area (Å²) >= 11 is 0. The largest absolute Gasteiger partial charge is 0.479 e. The number of hydrogen-bond donors (Lipinski definition) is 5. The van der Waals surface area contributed by atoms with Crippen molar-refractivity contribution in [3.8, 4) is 0 Å². The molecule has 4 unspecified atom stereocenters. The molecule has 0 bridgehead atoms. The lowest BCUT2D eigenvalue weighted by molar-refractivity contribution is -0.197. The van der Waals surface area contributed by atoms with Gasteiger partial charge >= 0.3 is 5.97 Å². The maximum Gasteiger partial charge on any atom is 0.335 e. The fraction of sp³-hybridized carbons (Fsp3) is 0.833. The number of hydrogen-bond acceptors (Lipinski definition) is 6. The lowest BCUT2D eigenvalue weighted by Gasteiger charge is -2.35. The predicted octanol–water partition coefficient (Wildman–Crippen LogP) is -1.59. The van der Waals surface area contributed by atoms with Crippen molar-refractivity contribution < 1.29 is 29.6 Å². The van der Waals surface area contributed by atoms with Gasteiger partial charge in [0.1, 0.15) is 12.3 Å². The third kappa shape index (κ3) is 5.04. The number of aliphatic hydroxyl groups is 2. The van der Waals surface area contributed by atoms with Crippen LogP contribution < -0.4 is 10.6 Å². The number of carbonyl (C=O) groups is 2. The summed E-state index contributed by atoms with van der Waals surface area (Å²) in [5.74, 6) is -1.33. The summed E-state index contributed by atoms with van der Waals surface area (Å²) in [5.41, 5.74) is 0. The molecule has 0 aromatic heterocycles. The molecule has 1 fully saturated rings. The summed E-state index contributed by atoms with van der Waals surface area (Å²) in [6, 6.07) is 0. The molecule has 1 aliphatic rings. The number of carbonyl (C=O) groups excluding carboxylic acids is 1. The number of rotatable bonds is 7. The van der Waals surface area contributed by atoms with Gasteiger partial charge in [0.05, 0.1) is 6.10 Å². The Balaban J connectivity index is 2.27. The molecule has 0 spiro atoms. The SMILES string of the molecule is CNC(=O)CCCCNC1CC(O)C(O)C(C(=O)O)O1. The first-order chi connectivity index (χ1) is 9.45. The second kappa shape index (κ2) is 8.15. The molecule has 1 heterocycles. The van der Waals surface area contributed by atoms with Crippen molar-refractivity contribution in [1.29, 1.82) is 0 Å². The van der Waals surface area contributed by atoms with Gasteiger partial charge in [-0.25, -0.2) is 4.79 Å². The number of carboxylic acids is 1. The van der Waals surface area contributed by atoms with Crippen LogP contribution >= 0.6 is 0 Å². The van der Waals surface area contributed by atoms with Gasteiger partial charge in [0.15, 0.2) is 6.10 Å². The molecule has 1 rings (SSSR count). The van der Waals surface area contributed by atoms with Crippen LogP contribution in [0.4, 0.5) is 0 Å². The van der Waals surface area contributed by atoms with E-state index in [0.717, 1.165) is 6.42 Å². The third-order valence-corrected chi connectivity index (χ3v) is 3.20. The molecule has 0 saturated carbocycles. The normalized spacial score (nSPS) is 29.9. The summed E-state index contributed by atoms with van der Waals surface area (Å²) in [5, 5.41) is 33.4. The molecule has 0 aromatic rings. The molecular formula is C12H22N2O6. The van der Waals surface area contributed by atoms with E-state index in [1.54, 1.807) is 7.05 Å². The number of amides is 1. The lowest BCUT2D eigenvalue weighted by atomic mass is 10.0. The molecule has 1 aliphatic heterocycles. The van der Waals surface area contributed by atoms with Gasteiger partial charge in [0.25, 0.3) is 0 Å². The van der Waals surface area contributed by atoms with Gasteiger partial charge in [0.2, 0.25) is 5.91 Å². The van der Waals surface area contributed by atoms with Crippen molar-refractivity contribution in [2.75, 3.05) is 13.6 Å². The number of nitrogens with one attached hydrogen (secondary N) is 2. The molecule has 5 N–H and O–H groups in total. The van der Waals surface area contributed by atoms with Crippen LogP contribution in [0.3, 0.4) is 0 Å². The van der Waals surface area contributed by atoms with Crippen LogP contribution in [0.2, 0.25) is 0 Å². The van der Waals surface area contributed by atoms with Crippen LogP contribution in [0.5, 0.6) is 0 Å². The second-order valence-corrected chi connectivity index (χ2v) is 4.76. The van der Waals surface area contributed by atoms with E-state index in [0.29, 0.717) is 19.4 Å². The highest BCUT2D eigenvalue weighted by Gasteiger charge is 2.40. The van der Waals surface area contributed by atoms with Crippen molar-refractivity contribution in [1.82, 2.24) is 10.6 Å². The molecule has 0 radical (unpaired) electrons. The van der Waals surface area contributed by atoms with Gasteiger partial charge < -0.3 is 25.4 Å². The first-order valence-corrected chi connectivity index (χ1v) is 6.64. The second-order valence-electron chi connectivity index (χ2n) is 4.76. The summed E-state index contributed by atoms with van der Waals surface area (Å²) < 4.78 is 5.18. The van der Waals surface area contributed by atoms with Gasteiger partial charge in [-0.3, -0.25) is 10.1 Å². The molecule has 0 aromatic carbocycles. The molecule has 4 atom stereocenters. The molecule has 8 nitrogen and oxygen atoms in total. The van der Waals surface area contributed by atoms with E-state index >= 15 is 0 Å². The predicted molar refractivity (Wildman–Crippen MR) is 68.8 cm³/mol. The molecular weight excluding hydrogens is 268 g/mol. The zero-order chi connectivity index (χ0) is 15.1. The first-order valence-electron chi connectivity index (χ1n) is 6.64. The molecule has 1 saturated heterocycles. The van der Waals surface area contributed by atoms with Gasteiger partial charge in [-0.1, -0.05) is 0 Å². The van der Waals surface area contributed by atoms with Crippen molar-refractivity contribution in [3.05, 3.63) is 0 Å². The van der Waals surface area contributed by atoms with E-state index < -0.39 is 30.5 Å². The van der Waals surface area contributed by atoms with Crippen molar-refractivity contribution >= 4 is 11.9 Å². The lowest BCUT2D eigenvalue weighted by Crippen LogP contribution is -2.55. The first kappa shape index (κ1) is 16.8. The minimum Gasteiger partial charge on any atom is -0.479 e. The number of ether oxygens (including phenoxy) is 1. The maximum absolute atomic E-state index is 11.0. The quantitative estimate of drug-likeness (QED) is 0.358. The standard InChI is InChI=1S/C12H22N2O6/c1-13-8(16)4-2-3-5-14-9-6-7(15)10(17)11(20-9)12(18)19/h7,9-11,14-15,17H,2-6H2,1H3,(H,13,16)(H,18,19). The average molecular weight is 290 g/mol. The highest BCUT2D eigenvalue weighted by atomic mass is 16.6. The Morgan fingerprint density at radius 3 is 2.60 bits per heavy atom. The zero-order valence-corrected chi connectivity index (χ0v) is 11.4. The Hall–Kier alpha value is -1.22. The van der Waals surface area contributed by atoms with Crippen molar-refractivity contribution in [2.24, 2.45) is 0 Å². The Bertz CT molecular complexity index is 338. The summed E-state index contributed by atoms with van der Waals surface area (Å²) in [6.45, 7) is 0.539. The van der Waals surface area contributed by atoms with Crippen LogP contribution in [-0.4, -0.2) is 65.3 Å². The average Bonchev–Trinajstić information content (AvgIpc) is 2.41. The summed E-state index contributed by atoms with van der Waals surface area (Å²) in [7, 11) is 1.58. The van der Waals surface area contributed by atoms with E-state index in [9.17, 15) is 19.8 Å². The monoisotopic (exact) mass is 290 g/mol. The van der Waals surface area contributed by atoms with Gasteiger partial charge in [-0.05, 0) is 19.4 Å². The van der Waals surface area contributed by atoms with Crippen molar-refractivity contribution in [2.45, 2.75) is 50.2 Å². The van der Waals surface area contributed by atoms with Crippen LogP contribution in [0.25, 0.3) is 0 Å². The van der Waals surface area contributed by atoms with Crippen LogP contribution in [-0.2, 0) is 14.3 Å². The van der Waals surface area contributed by atoms with E-state index in [1.807, 2.05) is 0 Å². The Morgan fingerprint density at radius 2 is 2.00 bits per heavy atom. The van der Waals surface area contributed by atoms with Crippen LogP contribution in [0.15, 0.2) is 0 Å². The van der Waals surface area contributed by atoms with Gasteiger partial charge in [0, 0.05) is 19.9 Å². The third-order valence-electron chi connectivity index (χ3n) is 3.20. The van der Waals surface area contributed by atoms with Crippen LogP contribution in [0, 0.1) is 0 Å².